The second-order valence-corrected chi connectivity index (χ2v) is 7.80. The minimum atomic E-state index is -1.11. The molecule has 0 spiro atoms. The first-order valence-corrected chi connectivity index (χ1v) is 9.59. The van der Waals surface area contributed by atoms with Crippen LogP contribution in [0.15, 0.2) is 42.7 Å². The number of imidazole rings is 1. The molecule has 146 valence electrons. The van der Waals surface area contributed by atoms with Crippen LogP contribution < -0.4 is 4.90 Å². The van der Waals surface area contributed by atoms with Crippen molar-refractivity contribution in [3.8, 4) is 5.75 Å². The number of H-pyrrole nitrogens is 1. The summed E-state index contributed by atoms with van der Waals surface area (Å²) in [5.41, 5.74) is 3.20. The molecule has 7 nitrogen and oxygen atoms in total. The number of anilines is 1. The van der Waals surface area contributed by atoms with Gasteiger partial charge < -0.3 is 10.1 Å². The Kier molecular flexibility index (Phi) is 3.81. The van der Waals surface area contributed by atoms with Gasteiger partial charge in [0.05, 0.1) is 23.4 Å². The summed E-state index contributed by atoms with van der Waals surface area (Å²) in [5, 5.41) is 10.5. The molecule has 1 saturated heterocycles. The molecule has 7 heteroatoms. The number of carbonyl (C=O) groups excluding carboxylic acids is 3. The number of amides is 1. The van der Waals surface area contributed by atoms with Gasteiger partial charge in [0.2, 0.25) is 5.78 Å². The summed E-state index contributed by atoms with van der Waals surface area (Å²) < 4.78 is 0. The molecule has 0 radical (unpaired) electrons. The molecule has 3 aromatic rings. The van der Waals surface area contributed by atoms with Crippen LogP contribution in [-0.2, 0) is 14.4 Å². The highest BCUT2D eigenvalue weighted by molar-refractivity contribution is 6.48. The normalized spacial score (nSPS) is 21.9. The van der Waals surface area contributed by atoms with Gasteiger partial charge in [-0.05, 0) is 44.0 Å². The third kappa shape index (κ3) is 2.73. The van der Waals surface area contributed by atoms with Crippen molar-refractivity contribution in [3.05, 3.63) is 53.9 Å². The fourth-order valence-electron chi connectivity index (χ4n) is 4.16. The maximum atomic E-state index is 13.0. The molecular weight excluding hydrogens is 370 g/mol. The third-order valence-corrected chi connectivity index (χ3v) is 5.78. The number of phenolic OH excluding ortho intramolecular Hbond substituents is 1. The molecule has 1 amide bonds. The first kappa shape index (κ1) is 17.6. The number of phenols is 1. The zero-order valence-corrected chi connectivity index (χ0v) is 15.8. The van der Waals surface area contributed by atoms with E-state index in [1.807, 2.05) is 6.92 Å². The highest BCUT2D eigenvalue weighted by Crippen LogP contribution is 2.46. The van der Waals surface area contributed by atoms with Crippen molar-refractivity contribution in [1.82, 2.24) is 9.97 Å². The van der Waals surface area contributed by atoms with Crippen LogP contribution in [0.25, 0.3) is 11.0 Å². The van der Waals surface area contributed by atoms with E-state index in [9.17, 15) is 19.5 Å². The summed E-state index contributed by atoms with van der Waals surface area (Å²) in [6.45, 7) is 1.86. The highest BCUT2D eigenvalue weighted by atomic mass is 16.3. The third-order valence-electron chi connectivity index (χ3n) is 5.78. The van der Waals surface area contributed by atoms with Gasteiger partial charge in [-0.1, -0.05) is 17.7 Å². The molecule has 1 aliphatic carbocycles. The van der Waals surface area contributed by atoms with Gasteiger partial charge in [0.1, 0.15) is 17.5 Å². The van der Waals surface area contributed by atoms with Crippen LogP contribution >= 0.6 is 0 Å². The van der Waals surface area contributed by atoms with Crippen LogP contribution in [0.5, 0.6) is 5.75 Å². The molecule has 1 aromatic heterocycles. The Hall–Kier alpha value is -3.48. The van der Waals surface area contributed by atoms with Crippen molar-refractivity contribution >= 4 is 34.2 Å². The van der Waals surface area contributed by atoms with Crippen molar-refractivity contribution in [1.29, 1.82) is 0 Å². The number of aromatic amines is 1. The molecule has 2 heterocycles. The molecule has 2 aliphatic rings. The van der Waals surface area contributed by atoms with Crippen molar-refractivity contribution < 1.29 is 19.5 Å². The van der Waals surface area contributed by atoms with E-state index in [0.29, 0.717) is 16.8 Å². The average molecular weight is 389 g/mol. The molecule has 2 fully saturated rings. The quantitative estimate of drug-likeness (QED) is 0.528. The molecule has 2 atom stereocenters. The van der Waals surface area contributed by atoms with Crippen LogP contribution in [-0.4, -0.2) is 32.5 Å². The van der Waals surface area contributed by atoms with Crippen LogP contribution in [0.1, 0.15) is 30.0 Å². The van der Waals surface area contributed by atoms with E-state index in [4.69, 9.17) is 0 Å². The number of hydrogen-bond acceptors (Lipinski definition) is 5. The second-order valence-electron chi connectivity index (χ2n) is 7.80. The number of carbonyl (C=O) groups is 3. The SMILES string of the molecule is Cc1ccc(O)c(C2C(C(=O)C3CC3)C(=O)C(=O)N2c2ccc3nc[nH]c3c2)c1. The summed E-state index contributed by atoms with van der Waals surface area (Å²) in [7, 11) is 0. The van der Waals surface area contributed by atoms with Gasteiger partial charge in [0.25, 0.3) is 5.91 Å². The Balaban J connectivity index is 1.70. The summed E-state index contributed by atoms with van der Waals surface area (Å²) in [6, 6.07) is 9.34. The highest BCUT2D eigenvalue weighted by Gasteiger charge is 2.55. The van der Waals surface area contributed by atoms with Gasteiger partial charge in [-0.25, -0.2) is 4.98 Å². The summed E-state index contributed by atoms with van der Waals surface area (Å²) in [4.78, 5) is 47.5. The van der Waals surface area contributed by atoms with Gasteiger partial charge in [-0.3, -0.25) is 19.3 Å². The smallest absolute Gasteiger partial charge is 0.295 e. The molecule has 2 aromatic carbocycles. The first-order valence-electron chi connectivity index (χ1n) is 9.59. The molecule has 29 heavy (non-hydrogen) atoms. The largest absolute Gasteiger partial charge is 0.508 e. The number of benzene rings is 2. The van der Waals surface area contributed by atoms with Crippen molar-refractivity contribution in [2.45, 2.75) is 25.8 Å². The van der Waals surface area contributed by atoms with E-state index in [0.717, 1.165) is 23.9 Å². The molecule has 2 N–H and O–H groups in total. The molecule has 1 saturated carbocycles. The molecule has 5 rings (SSSR count). The zero-order valence-electron chi connectivity index (χ0n) is 15.8. The van der Waals surface area contributed by atoms with Crippen LogP contribution in [0.3, 0.4) is 0 Å². The topological polar surface area (TPSA) is 103 Å². The van der Waals surface area contributed by atoms with Gasteiger partial charge in [0.15, 0.2) is 0 Å². The molecule has 2 unspecified atom stereocenters. The second kappa shape index (κ2) is 6.27. The van der Waals surface area contributed by atoms with E-state index in [1.165, 1.54) is 11.0 Å². The molecule has 1 aliphatic heterocycles. The number of rotatable bonds is 4. The maximum Gasteiger partial charge on any atom is 0.295 e. The average Bonchev–Trinajstić information content (AvgIpc) is 3.40. The molecule has 0 bridgehead atoms. The van der Waals surface area contributed by atoms with E-state index in [-0.39, 0.29) is 17.5 Å². The predicted octanol–water partition coefficient (Wildman–Crippen LogP) is 2.83. The Morgan fingerprint density at radius 1 is 1.17 bits per heavy atom. The first-order chi connectivity index (χ1) is 14.0. The van der Waals surface area contributed by atoms with Crippen LogP contribution in [0.2, 0.25) is 0 Å². The van der Waals surface area contributed by atoms with Crippen molar-refractivity contribution in [2.24, 2.45) is 11.8 Å². The standard InChI is InChI=1S/C22H19N3O4/c1-11-2-7-17(26)14(8-11)19-18(20(27)12-3-4-12)21(28)22(29)25(19)13-5-6-15-16(9-13)24-10-23-15/h2,5-10,12,18-19,26H,3-4H2,1H3,(H,23,24). The van der Waals surface area contributed by atoms with E-state index >= 15 is 0 Å². The van der Waals surface area contributed by atoms with Gasteiger partial charge >= 0.3 is 0 Å². The number of ketones is 2. The number of aromatic nitrogens is 2. The number of hydrogen-bond donors (Lipinski definition) is 2. The Bertz CT molecular complexity index is 1180. The lowest BCUT2D eigenvalue weighted by atomic mass is 9.86. The van der Waals surface area contributed by atoms with Crippen molar-refractivity contribution in [2.75, 3.05) is 4.90 Å². The van der Waals surface area contributed by atoms with E-state index < -0.39 is 23.7 Å². The lowest BCUT2D eigenvalue weighted by molar-refractivity contribution is -0.139. The van der Waals surface area contributed by atoms with Crippen molar-refractivity contribution in [3.63, 3.8) is 0 Å². The maximum absolute atomic E-state index is 13.0. The minimum Gasteiger partial charge on any atom is -0.508 e. The number of nitrogens with zero attached hydrogens (tertiary/aromatic N) is 2. The minimum absolute atomic E-state index is 0.0377. The zero-order chi connectivity index (χ0) is 20.3. The van der Waals surface area contributed by atoms with Gasteiger partial charge in [-0.15, -0.1) is 0 Å². The number of aromatic hydroxyl groups is 1. The van der Waals surface area contributed by atoms with E-state index in [1.54, 1.807) is 36.7 Å². The fraction of sp³-hybridized carbons (Fsp3) is 0.273. The number of fused-ring (bicyclic) bond motifs is 1. The summed E-state index contributed by atoms with van der Waals surface area (Å²) in [6.07, 6.45) is 3.03. The Morgan fingerprint density at radius 3 is 2.72 bits per heavy atom. The van der Waals surface area contributed by atoms with E-state index in [2.05, 4.69) is 9.97 Å². The number of aryl methyl sites for hydroxylation is 1. The Morgan fingerprint density at radius 2 is 1.97 bits per heavy atom. The summed E-state index contributed by atoms with van der Waals surface area (Å²) >= 11 is 0. The number of nitrogens with one attached hydrogen (secondary N) is 1. The fourth-order valence-corrected chi connectivity index (χ4v) is 4.16. The predicted molar refractivity (Wildman–Crippen MR) is 105 cm³/mol. The van der Waals surface area contributed by atoms with Gasteiger partial charge in [-0.2, -0.15) is 0 Å². The Labute approximate surface area is 166 Å². The lowest BCUT2D eigenvalue weighted by Gasteiger charge is -2.28. The molecular formula is C22H19N3O4. The monoisotopic (exact) mass is 389 g/mol. The van der Waals surface area contributed by atoms with Crippen LogP contribution in [0.4, 0.5) is 5.69 Å². The summed E-state index contributed by atoms with van der Waals surface area (Å²) in [5.74, 6) is -2.98. The number of Topliss-reactive ketones (excluding diaryl/α,β-unsaturated/α-hetero) is 2. The van der Waals surface area contributed by atoms with Gasteiger partial charge in [0, 0.05) is 17.2 Å². The van der Waals surface area contributed by atoms with Crippen LogP contribution in [0, 0.1) is 18.8 Å². The lowest BCUT2D eigenvalue weighted by Crippen LogP contribution is -2.31.